The maximum atomic E-state index is 5.43. The van der Waals surface area contributed by atoms with Gasteiger partial charge in [-0.1, -0.05) is 20.3 Å². The molecule has 2 rings (SSSR count). The number of hydrogen-bond donors (Lipinski definition) is 1. The molecule has 1 aromatic carbocycles. The average Bonchev–Trinajstić information content (AvgIpc) is 2.43. The van der Waals surface area contributed by atoms with Crippen LogP contribution in [0.4, 0.5) is 0 Å². The fraction of sp³-hybridized carbons (Fsp3) is 0.647. The molecule has 0 spiro atoms. The summed E-state index contributed by atoms with van der Waals surface area (Å²) in [5.41, 5.74) is 1.63. The van der Waals surface area contributed by atoms with Crippen LogP contribution in [0.25, 0.3) is 0 Å². The fourth-order valence-electron chi connectivity index (χ4n) is 3.15. The molecule has 1 N–H and O–H groups in total. The van der Waals surface area contributed by atoms with Gasteiger partial charge < -0.3 is 14.8 Å². The lowest BCUT2D eigenvalue weighted by atomic mass is 9.75. The highest BCUT2D eigenvalue weighted by Gasteiger charge is 2.27. The van der Waals surface area contributed by atoms with E-state index in [2.05, 4.69) is 25.2 Å². The Labute approximate surface area is 122 Å². The van der Waals surface area contributed by atoms with Crippen LogP contribution in [-0.4, -0.2) is 20.3 Å². The monoisotopic (exact) mass is 277 g/mol. The van der Waals surface area contributed by atoms with Gasteiger partial charge in [0.1, 0.15) is 11.5 Å². The first-order valence-corrected chi connectivity index (χ1v) is 7.48. The van der Waals surface area contributed by atoms with Gasteiger partial charge in [0.15, 0.2) is 0 Å². The lowest BCUT2D eigenvalue weighted by molar-refractivity contribution is 0.197. The number of benzene rings is 1. The number of rotatable bonds is 5. The van der Waals surface area contributed by atoms with E-state index < -0.39 is 0 Å². The first-order chi connectivity index (χ1) is 9.54. The summed E-state index contributed by atoms with van der Waals surface area (Å²) in [7, 11) is 3.41. The molecule has 0 bridgehead atoms. The standard InChI is InChI=1S/C17H27NO2/c1-17(2)9-5-6-14(11-17)18-12-13-10-15(19-3)7-8-16(13)20-4/h7-8,10,14,18H,5-6,9,11-12H2,1-4H3. The van der Waals surface area contributed by atoms with E-state index in [1.165, 1.54) is 25.7 Å². The Balaban J connectivity index is 1.99. The molecule has 3 nitrogen and oxygen atoms in total. The molecule has 0 saturated heterocycles. The predicted molar refractivity (Wildman–Crippen MR) is 82.4 cm³/mol. The van der Waals surface area contributed by atoms with Gasteiger partial charge in [-0.25, -0.2) is 0 Å². The Hall–Kier alpha value is -1.22. The minimum atomic E-state index is 0.467. The van der Waals surface area contributed by atoms with Gasteiger partial charge in [-0.2, -0.15) is 0 Å². The molecule has 20 heavy (non-hydrogen) atoms. The van der Waals surface area contributed by atoms with Crippen molar-refractivity contribution in [3.8, 4) is 11.5 Å². The van der Waals surface area contributed by atoms with Gasteiger partial charge in [0.25, 0.3) is 0 Å². The highest BCUT2D eigenvalue weighted by atomic mass is 16.5. The average molecular weight is 277 g/mol. The van der Waals surface area contributed by atoms with Crippen LogP contribution < -0.4 is 14.8 Å². The van der Waals surface area contributed by atoms with Gasteiger partial charge in [-0.05, 0) is 42.9 Å². The smallest absolute Gasteiger partial charge is 0.123 e. The van der Waals surface area contributed by atoms with Crippen LogP contribution in [0.5, 0.6) is 11.5 Å². The molecule has 1 aromatic rings. The van der Waals surface area contributed by atoms with E-state index in [4.69, 9.17) is 9.47 Å². The summed E-state index contributed by atoms with van der Waals surface area (Å²) >= 11 is 0. The quantitative estimate of drug-likeness (QED) is 0.889. The molecule has 1 aliphatic carbocycles. The van der Waals surface area contributed by atoms with E-state index in [-0.39, 0.29) is 0 Å². The number of nitrogens with one attached hydrogen (secondary N) is 1. The van der Waals surface area contributed by atoms with E-state index in [1.54, 1.807) is 14.2 Å². The Morgan fingerprint density at radius 1 is 1.25 bits per heavy atom. The summed E-state index contributed by atoms with van der Waals surface area (Å²) in [6.45, 7) is 5.57. The molecule has 0 amide bonds. The van der Waals surface area contributed by atoms with E-state index in [1.807, 2.05) is 12.1 Å². The third kappa shape index (κ3) is 3.89. The molecule has 0 heterocycles. The summed E-state index contributed by atoms with van der Waals surface area (Å²) < 4.78 is 10.7. The predicted octanol–water partition coefficient (Wildman–Crippen LogP) is 3.76. The number of methoxy groups -OCH3 is 2. The fourth-order valence-corrected chi connectivity index (χ4v) is 3.15. The van der Waals surface area contributed by atoms with Crippen LogP contribution in [0, 0.1) is 5.41 Å². The molecule has 3 heteroatoms. The molecule has 112 valence electrons. The van der Waals surface area contributed by atoms with E-state index in [0.717, 1.165) is 23.6 Å². The van der Waals surface area contributed by atoms with Gasteiger partial charge in [0.2, 0.25) is 0 Å². The minimum absolute atomic E-state index is 0.467. The topological polar surface area (TPSA) is 30.5 Å². The van der Waals surface area contributed by atoms with Crippen LogP contribution in [0.1, 0.15) is 45.1 Å². The second-order valence-corrected chi connectivity index (χ2v) is 6.52. The zero-order valence-corrected chi connectivity index (χ0v) is 13.2. The van der Waals surface area contributed by atoms with Crippen LogP contribution in [0.2, 0.25) is 0 Å². The summed E-state index contributed by atoms with van der Waals surface area (Å²) in [6, 6.07) is 6.57. The Morgan fingerprint density at radius 2 is 2.05 bits per heavy atom. The van der Waals surface area contributed by atoms with Crippen LogP contribution in [-0.2, 0) is 6.54 Å². The van der Waals surface area contributed by atoms with Crippen molar-refractivity contribution >= 4 is 0 Å². The van der Waals surface area contributed by atoms with Gasteiger partial charge in [-0.3, -0.25) is 0 Å². The van der Waals surface area contributed by atoms with Crippen molar-refractivity contribution in [1.82, 2.24) is 5.32 Å². The van der Waals surface area contributed by atoms with Crippen molar-refractivity contribution in [2.24, 2.45) is 5.41 Å². The maximum absolute atomic E-state index is 5.43. The molecule has 0 aromatic heterocycles. The van der Waals surface area contributed by atoms with Crippen LogP contribution in [0.3, 0.4) is 0 Å². The first-order valence-electron chi connectivity index (χ1n) is 7.48. The number of ether oxygens (including phenoxy) is 2. The molecular weight excluding hydrogens is 250 g/mol. The van der Waals surface area contributed by atoms with Gasteiger partial charge in [0, 0.05) is 18.2 Å². The molecule has 1 unspecified atom stereocenters. The molecule has 1 aliphatic rings. The van der Waals surface area contributed by atoms with Crippen LogP contribution >= 0.6 is 0 Å². The summed E-state index contributed by atoms with van der Waals surface area (Å²) in [6.07, 6.45) is 5.18. The summed E-state index contributed by atoms with van der Waals surface area (Å²) in [5, 5.41) is 3.68. The van der Waals surface area contributed by atoms with Crippen molar-refractivity contribution in [3.05, 3.63) is 23.8 Å². The van der Waals surface area contributed by atoms with Gasteiger partial charge in [-0.15, -0.1) is 0 Å². The minimum Gasteiger partial charge on any atom is -0.497 e. The molecule has 1 fully saturated rings. The highest BCUT2D eigenvalue weighted by Crippen LogP contribution is 2.35. The van der Waals surface area contributed by atoms with Gasteiger partial charge in [0.05, 0.1) is 14.2 Å². The highest BCUT2D eigenvalue weighted by molar-refractivity contribution is 5.40. The second kappa shape index (κ2) is 6.49. The van der Waals surface area contributed by atoms with Gasteiger partial charge >= 0.3 is 0 Å². The molecule has 1 saturated carbocycles. The van der Waals surface area contributed by atoms with E-state index >= 15 is 0 Å². The van der Waals surface area contributed by atoms with Crippen molar-refractivity contribution in [2.45, 2.75) is 52.1 Å². The first kappa shape index (κ1) is 15.2. The maximum Gasteiger partial charge on any atom is 0.123 e. The van der Waals surface area contributed by atoms with Crippen molar-refractivity contribution in [3.63, 3.8) is 0 Å². The Morgan fingerprint density at radius 3 is 2.70 bits per heavy atom. The summed E-state index contributed by atoms with van der Waals surface area (Å²) in [4.78, 5) is 0. The Bertz CT molecular complexity index is 443. The third-order valence-corrected chi connectivity index (χ3v) is 4.27. The van der Waals surface area contributed by atoms with Crippen LogP contribution in [0.15, 0.2) is 18.2 Å². The van der Waals surface area contributed by atoms with E-state index in [0.29, 0.717) is 11.5 Å². The van der Waals surface area contributed by atoms with E-state index in [9.17, 15) is 0 Å². The van der Waals surface area contributed by atoms with Crippen molar-refractivity contribution in [2.75, 3.05) is 14.2 Å². The number of hydrogen-bond acceptors (Lipinski definition) is 3. The third-order valence-electron chi connectivity index (χ3n) is 4.27. The molecule has 0 aliphatic heterocycles. The second-order valence-electron chi connectivity index (χ2n) is 6.52. The summed E-state index contributed by atoms with van der Waals surface area (Å²) in [5.74, 6) is 1.81. The lowest BCUT2D eigenvalue weighted by Crippen LogP contribution is -2.36. The zero-order valence-electron chi connectivity index (χ0n) is 13.2. The molecule has 0 radical (unpaired) electrons. The lowest BCUT2D eigenvalue weighted by Gasteiger charge is -2.35. The zero-order chi connectivity index (χ0) is 14.6. The molecule has 1 atom stereocenters. The SMILES string of the molecule is COc1ccc(OC)c(CNC2CCCC(C)(C)C2)c1. The van der Waals surface area contributed by atoms with Crippen molar-refractivity contribution < 1.29 is 9.47 Å². The Kier molecular flexibility index (Phi) is 4.92. The van der Waals surface area contributed by atoms with Crippen molar-refractivity contribution in [1.29, 1.82) is 0 Å². The molecular formula is C17H27NO2. The normalized spacial score (nSPS) is 21.5. The largest absolute Gasteiger partial charge is 0.497 e.